The minimum atomic E-state index is -0.899. The second-order valence-corrected chi connectivity index (χ2v) is 6.90. The van der Waals surface area contributed by atoms with Crippen LogP contribution in [0.3, 0.4) is 0 Å². The molecule has 3 aromatic rings. The van der Waals surface area contributed by atoms with Crippen LogP contribution in [0.2, 0.25) is 0 Å². The average Bonchev–Trinajstić information content (AvgIpc) is 3.14. The zero-order chi connectivity index (χ0) is 19.9. The standard InChI is InChI=1S/C21H21NO5S/c1-14-5-3-4-6-17(14)26-9-10-27-19-11-15(7-8-18(19)25-2)21-22-16(13-28-21)12-20(23)24/h3-8,11,13H,9-10,12H2,1-2H3,(H,23,24). The van der Waals surface area contributed by atoms with Crippen molar-refractivity contribution < 1.29 is 24.1 Å². The van der Waals surface area contributed by atoms with Crippen LogP contribution < -0.4 is 14.2 Å². The molecule has 146 valence electrons. The molecule has 0 fully saturated rings. The van der Waals surface area contributed by atoms with Gasteiger partial charge in [0.05, 0.1) is 19.2 Å². The topological polar surface area (TPSA) is 77.9 Å². The lowest BCUT2D eigenvalue weighted by atomic mass is 10.2. The molecule has 28 heavy (non-hydrogen) atoms. The van der Waals surface area contributed by atoms with E-state index >= 15 is 0 Å². The Morgan fingerprint density at radius 2 is 1.82 bits per heavy atom. The highest BCUT2D eigenvalue weighted by Gasteiger charge is 2.12. The summed E-state index contributed by atoms with van der Waals surface area (Å²) < 4.78 is 17.0. The molecule has 0 bridgehead atoms. The maximum absolute atomic E-state index is 10.8. The van der Waals surface area contributed by atoms with Crippen LogP contribution in [0.5, 0.6) is 17.2 Å². The fraction of sp³-hybridized carbons (Fsp3) is 0.238. The van der Waals surface area contributed by atoms with Crippen molar-refractivity contribution in [1.82, 2.24) is 4.98 Å². The lowest BCUT2D eigenvalue weighted by Crippen LogP contribution is -2.10. The van der Waals surface area contributed by atoms with Crippen molar-refractivity contribution in [3.05, 3.63) is 59.1 Å². The minimum absolute atomic E-state index is 0.0910. The molecule has 0 aliphatic carbocycles. The second kappa shape index (κ2) is 9.23. The molecule has 0 saturated heterocycles. The highest BCUT2D eigenvalue weighted by Crippen LogP contribution is 2.34. The van der Waals surface area contributed by atoms with Crippen molar-refractivity contribution in [2.24, 2.45) is 0 Å². The first-order chi connectivity index (χ1) is 13.6. The van der Waals surface area contributed by atoms with Gasteiger partial charge in [-0.2, -0.15) is 0 Å². The van der Waals surface area contributed by atoms with Crippen LogP contribution in [0.4, 0.5) is 0 Å². The molecular formula is C21H21NO5S. The number of aryl methyl sites for hydroxylation is 1. The summed E-state index contributed by atoms with van der Waals surface area (Å²) in [4.78, 5) is 15.2. The molecule has 0 aliphatic heterocycles. The molecule has 0 amide bonds. The molecule has 7 heteroatoms. The van der Waals surface area contributed by atoms with Gasteiger partial charge in [-0.1, -0.05) is 18.2 Å². The summed E-state index contributed by atoms with van der Waals surface area (Å²) in [5, 5.41) is 11.4. The summed E-state index contributed by atoms with van der Waals surface area (Å²) in [6.07, 6.45) is -0.0910. The van der Waals surface area contributed by atoms with Gasteiger partial charge < -0.3 is 19.3 Å². The van der Waals surface area contributed by atoms with E-state index in [1.807, 2.05) is 49.4 Å². The highest BCUT2D eigenvalue weighted by molar-refractivity contribution is 7.13. The van der Waals surface area contributed by atoms with Crippen LogP contribution in [-0.2, 0) is 11.2 Å². The van der Waals surface area contributed by atoms with Crippen LogP contribution in [0, 0.1) is 6.92 Å². The summed E-state index contributed by atoms with van der Waals surface area (Å²) in [5.74, 6) is 1.13. The molecule has 0 radical (unpaired) electrons. The van der Waals surface area contributed by atoms with Crippen LogP contribution in [0.25, 0.3) is 10.6 Å². The number of carbonyl (C=O) groups is 1. The lowest BCUT2D eigenvalue weighted by Gasteiger charge is -2.13. The normalized spacial score (nSPS) is 10.5. The molecule has 0 atom stereocenters. The molecule has 1 N–H and O–H groups in total. The number of benzene rings is 2. The highest BCUT2D eigenvalue weighted by atomic mass is 32.1. The van der Waals surface area contributed by atoms with Gasteiger partial charge in [0.1, 0.15) is 24.0 Å². The van der Waals surface area contributed by atoms with Crippen molar-refractivity contribution >= 4 is 17.3 Å². The molecule has 1 heterocycles. The van der Waals surface area contributed by atoms with Crippen LogP contribution >= 0.6 is 11.3 Å². The summed E-state index contributed by atoms with van der Waals surface area (Å²) in [5.41, 5.74) is 2.46. The van der Waals surface area contributed by atoms with E-state index in [4.69, 9.17) is 19.3 Å². The SMILES string of the molecule is COc1ccc(-c2nc(CC(=O)O)cs2)cc1OCCOc1ccccc1C. The lowest BCUT2D eigenvalue weighted by molar-refractivity contribution is -0.136. The smallest absolute Gasteiger partial charge is 0.309 e. The Labute approximate surface area is 167 Å². The molecule has 0 saturated carbocycles. The summed E-state index contributed by atoms with van der Waals surface area (Å²) in [6.45, 7) is 2.75. The molecule has 0 unspecified atom stereocenters. The Kier molecular flexibility index (Phi) is 6.49. The van der Waals surface area contributed by atoms with E-state index in [1.54, 1.807) is 12.5 Å². The van der Waals surface area contributed by atoms with Gasteiger partial charge in [0, 0.05) is 10.9 Å². The van der Waals surface area contributed by atoms with Gasteiger partial charge in [0.15, 0.2) is 11.5 Å². The van der Waals surface area contributed by atoms with Crippen molar-refractivity contribution in [1.29, 1.82) is 0 Å². The van der Waals surface area contributed by atoms with E-state index in [-0.39, 0.29) is 6.42 Å². The first kappa shape index (κ1) is 19.7. The fourth-order valence-corrected chi connectivity index (χ4v) is 3.44. The number of thiazole rings is 1. The average molecular weight is 399 g/mol. The van der Waals surface area contributed by atoms with Crippen molar-refractivity contribution in [3.8, 4) is 27.8 Å². The third kappa shape index (κ3) is 5.01. The molecular weight excluding hydrogens is 378 g/mol. The third-order valence-corrected chi connectivity index (χ3v) is 4.93. The Morgan fingerprint density at radius 1 is 1.07 bits per heavy atom. The number of aliphatic carboxylic acids is 1. The van der Waals surface area contributed by atoms with Crippen LogP contribution in [0.1, 0.15) is 11.3 Å². The minimum Gasteiger partial charge on any atom is -0.493 e. The quantitative estimate of drug-likeness (QED) is 0.543. The number of carboxylic acids is 1. The number of aromatic nitrogens is 1. The van der Waals surface area contributed by atoms with E-state index < -0.39 is 5.97 Å². The number of methoxy groups -OCH3 is 1. The Balaban J connectivity index is 1.66. The zero-order valence-electron chi connectivity index (χ0n) is 15.7. The largest absolute Gasteiger partial charge is 0.493 e. The fourth-order valence-electron chi connectivity index (χ4n) is 2.62. The Hall–Kier alpha value is -3.06. The monoisotopic (exact) mass is 399 g/mol. The number of nitrogens with zero attached hydrogens (tertiary/aromatic N) is 1. The van der Waals surface area contributed by atoms with Gasteiger partial charge in [0.25, 0.3) is 0 Å². The van der Waals surface area contributed by atoms with E-state index in [9.17, 15) is 4.79 Å². The number of hydrogen-bond donors (Lipinski definition) is 1. The predicted molar refractivity (Wildman–Crippen MR) is 108 cm³/mol. The molecule has 0 aliphatic rings. The van der Waals surface area contributed by atoms with Gasteiger partial charge in [-0.3, -0.25) is 4.79 Å². The number of ether oxygens (including phenoxy) is 3. The number of rotatable bonds is 9. The van der Waals surface area contributed by atoms with E-state index in [0.717, 1.165) is 21.9 Å². The zero-order valence-corrected chi connectivity index (χ0v) is 16.5. The van der Waals surface area contributed by atoms with Crippen LogP contribution in [0.15, 0.2) is 47.8 Å². The van der Waals surface area contributed by atoms with Gasteiger partial charge in [0.2, 0.25) is 0 Å². The van der Waals surface area contributed by atoms with Gasteiger partial charge in [-0.05, 0) is 36.8 Å². The number of hydrogen-bond acceptors (Lipinski definition) is 6. The summed E-state index contributed by atoms with van der Waals surface area (Å²) >= 11 is 1.40. The van der Waals surface area contributed by atoms with Gasteiger partial charge >= 0.3 is 5.97 Å². The maximum atomic E-state index is 10.8. The molecule has 0 spiro atoms. The van der Waals surface area contributed by atoms with Crippen molar-refractivity contribution in [3.63, 3.8) is 0 Å². The number of para-hydroxylation sites is 1. The van der Waals surface area contributed by atoms with E-state index in [0.29, 0.717) is 30.4 Å². The van der Waals surface area contributed by atoms with E-state index in [1.165, 1.54) is 11.3 Å². The third-order valence-electron chi connectivity index (χ3n) is 3.99. The number of carboxylic acid groups (broad SMARTS) is 1. The van der Waals surface area contributed by atoms with Crippen LogP contribution in [-0.4, -0.2) is 36.4 Å². The van der Waals surface area contributed by atoms with E-state index in [2.05, 4.69) is 4.98 Å². The molecule has 1 aromatic heterocycles. The Bertz CT molecular complexity index is 953. The molecule has 6 nitrogen and oxygen atoms in total. The van der Waals surface area contributed by atoms with Crippen molar-refractivity contribution in [2.45, 2.75) is 13.3 Å². The maximum Gasteiger partial charge on any atom is 0.309 e. The summed E-state index contributed by atoms with van der Waals surface area (Å²) in [6, 6.07) is 13.3. The second-order valence-electron chi connectivity index (χ2n) is 6.04. The van der Waals surface area contributed by atoms with Crippen molar-refractivity contribution in [2.75, 3.05) is 20.3 Å². The molecule has 2 aromatic carbocycles. The predicted octanol–water partition coefficient (Wildman–Crippen LogP) is 4.21. The summed E-state index contributed by atoms with van der Waals surface area (Å²) in [7, 11) is 1.58. The Morgan fingerprint density at radius 3 is 2.54 bits per heavy atom. The van der Waals surface area contributed by atoms with Gasteiger partial charge in [-0.25, -0.2) is 4.98 Å². The first-order valence-electron chi connectivity index (χ1n) is 8.72. The van der Waals surface area contributed by atoms with Gasteiger partial charge in [-0.15, -0.1) is 11.3 Å². The first-order valence-corrected chi connectivity index (χ1v) is 9.60. The molecule has 3 rings (SSSR count).